The van der Waals surface area contributed by atoms with E-state index in [1.165, 1.54) is 0 Å². The van der Waals surface area contributed by atoms with Gasteiger partial charge in [-0.3, -0.25) is 0 Å². The lowest BCUT2D eigenvalue weighted by molar-refractivity contribution is -0.148. The van der Waals surface area contributed by atoms with Gasteiger partial charge in [-0.15, -0.1) is 0 Å². The van der Waals surface area contributed by atoms with Gasteiger partial charge < -0.3 is 15.3 Å². The van der Waals surface area contributed by atoms with E-state index in [9.17, 15) is 4.79 Å². The van der Waals surface area contributed by atoms with Gasteiger partial charge in [0, 0.05) is 0 Å². The van der Waals surface area contributed by atoms with Crippen molar-refractivity contribution in [1.29, 1.82) is 0 Å². The molecular weight excluding hydrogens is 124 g/mol. The molecule has 0 bridgehead atoms. The molecule has 8 heavy (non-hydrogen) atoms. The fourth-order valence-electron chi connectivity index (χ4n) is 0.0781. The molecule has 5 heteroatoms. The van der Waals surface area contributed by atoms with Crippen molar-refractivity contribution in [1.82, 2.24) is 0 Å². The zero-order chi connectivity index (χ0) is 5.86. The molecule has 0 spiro atoms. The van der Waals surface area contributed by atoms with Crippen molar-refractivity contribution in [3.05, 3.63) is 0 Å². The molecule has 0 aromatic rings. The quantitative estimate of drug-likeness (QED) is 0.363. The third-order valence-electron chi connectivity index (χ3n) is 0.458. The molecule has 0 saturated heterocycles. The van der Waals surface area contributed by atoms with E-state index in [1.54, 1.807) is 0 Å². The standard InChI is InChI=1S/C3H6O4.Mg.2H/c4-1-2(5)3(6)7;;;/h2,4-5H,1H2,(H,6,7);;;. The normalized spacial score (nSPS) is 11.8. The molecule has 0 aliphatic carbocycles. The summed E-state index contributed by atoms with van der Waals surface area (Å²) >= 11 is 0. The molecule has 0 aliphatic rings. The number of hydrogen-bond acceptors (Lipinski definition) is 3. The van der Waals surface area contributed by atoms with E-state index in [1.807, 2.05) is 0 Å². The maximum Gasteiger partial charge on any atom is 0.334 e. The smallest absolute Gasteiger partial charge is 0.334 e. The summed E-state index contributed by atoms with van der Waals surface area (Å²) < 4.78 is 0. The van der Waals surface area contributed by atoms with Gasteiger partial charge in [-0.2, -0.15) is 0 Å². The first-order valence-electron chi connectivity index (χ1n) is 1.70. The van der Waals surface area contributed by atoms with Gasteiger partial charge in [-0.1, -0.05) is 0 Å². The van der Waals surface area contributed by atoms with E-state index in [0.29, 0.717) is 0 Å². The number of carboxylic acid groups (broad SMARTS) is 1. The Morgan fingerprint density at radius 2 is 2.00 bits per heavy atom. The van der Waals surface area contributed by atoms with E-state index in [4.69, 9.17) is 15.3 Å². The summed E-state index contributed by atoms with van der Waals surface area (Å²) in [4.78, 5) is 9.52. The minimum absolute atomic E-state index is 0. The summed E-state index contributed by atoms with van der Waals surface area (Å²) in [7, 11) is 0. The van der Waals surface area contributed by atoms with E-state index < -0.39 is 18.7 Å². The molecule has 0 aromatic heterocycles. The highest BCUT2D eigenvalue weighted by atomic mass is 24.3. The topological polar surface area (TPSA) is 77.8 Å². The number of aliphatic carboxylic acids is 1. The fourth-order valence-corrected chi connectivity index (χ4v) is 0.0781. The van der Waals surface area contributed by atoms with Crippen molar-refractivity contribution in [3.8, 4) is 0 Å². The highest BCUT2D eigenvalue weighted by Gasteiger charge is 2.08. The van der Waals surface area contributed by atoms with Crippen LogP contribution in [0, 0.1) is 0 Å². The summed E-state index contributed by atoms with van der Waals surface area (Å²) in [6.07, 6.45) is -1.63. The molecule has 0 rings (SSSR count). The van der Waals surface area contributed by atoms with Crippen molar-refractivity contribution < 1.29 is 20.1 Å². The average Bonchev–Trinajstić information content (AvgIpc) is 1.65. The maximum absolute atomic E-state index is 9.52. The van der Waals surface area contributed by atoms with Crippen LogP contribution in [0.1, 0.15) is 0 Å². The SMILES string of the molecule is O=C(O)C(O)CO.[MgH2]. The molecule has 4 nitrogen and oxygen atoms in total. The number of rotatable bonds is 2. The van der Waals surface area contributed by atoms with Gasteiger partial charge in [0.15, 0.2) is 6.10 Å². The molecule has 1 unspecified atom stereocenters. The lowest BCUT2D eigenvalue weighted by atomic mass is 10.4. The number of aliphatic hydroxyl groups excluding tert-OH is 2. The number of carboxylic acids is 1. The van der Waals surface area contributed by atoms with Crippen LogP contribution in [0.2, 0.25) is 0 Å². The van der Waals surface area contributed by atoms with E-state index >= 15 is 0 Å². The Labute approximate surface area is 62.3 Å². The second-order valence-electron chi connectivity index (χ2n) is 1.04. The summed E-state index contributed by atoms with van der Waals surface area (Å²) in [6, 6.07) is 0. The number of hydrogen-bond donors (Lipinski definition) is 3. The first-order chi connectivity index (χ1) is 3.18. The van der Waals surface area contributed by atoms with E-state index in [-0.39, 0.29) is 23.1 Å². The van der Waals surface area contributed by atoms with Crippen LogP contribution >= 0.6 is 0 Å². The Morgan fingerprint density at radius 1 is 1.62 bits per heavy atom. The van der Waals surface area contributed by atoms with Crippen molar-refractivity contribution in [2.75, 3.05) is 6.61 Å². The van der Waals surface area contributed by atoms with Crippen LogP contribution in [0.25, 0.3) is 0 Å². The monoisotopic (exact) mass is 132 g/mol. The summed E-state index contributed by atoms with van der Waals surface area (Å²) in [6.45, 7) is -0.727. The zero-order valence-corrected chi connectivity index (χ0v) is 3.53. The van der Waals surface area contributed by atoms with Crippen molar-refractivity contribution in [2.24, 2.45) is 0 Å². The molecule has 0 heterocycles. The largest absolute Gasteiger partial charge is 0.479 e. The van der Waals surface area contributed by atoms with Crippen LogP contribution < -0.4 is 0 Å². The van der Waals surface area contributed by atoms with Gasteiger partial charge in [0.2, 0.25) is 0 Å². The van der Waals surface area contributed by atoms with Crippen LogP contribution in [0.3, 0.4) is 0 Å². The van der Waals surface area contributed by atoms with Crippen molar-refractivity contribution >= 4 is 29.0 Å². The highest BCUT2D eigenvalue weighted by molar-refractivity contribution is 5.75. The van der Waals surface area contributed by atoms with Crippen LogP contribution in [0.4, 0.5) is 0 Å². The molecule has 3 N–H and O–H groups in total. The van der Waals surface area contributed by atoms with E-state index in [0.717, 1.165) is 0 Å². The Hall–Kier alpha value is 0.156. The second kappa shape index (κ2) is 5.30. The Balaban J connectivity index is 0. The van der Waals surface area contributed by atoms with Gasteiger partial charge in [0.25, 0.3) is 0 Å². The first-order valence-corrected chi connectivity index (χ1v) is 1.70. The summed E-state index contributed by atoms with van der Waals surface area (Å²) in [5.74, 6) is -1.40. The van der Waals surface area contributed by atoms with Crippen molar-refractivity contribution in [2.45, 2.75) is 6.10 Å². The Kier molecular flexibility index (Phi) is 7.30. The van der Waals surface area contributed by atoms with Gasteiger partial charge in [0.1, 0.15) is 0 Å². The van der Waals surface area contributed by atoms with Gasteiger partial charge in [0.05, 0.1) is 6.61 Å². The zero-order valence-electron chi connectivity index (χ0n) is 3.53. The van der Waals surface area contributed by atoms with E-state index in [2.05, 4.69) is 0 Å². The first kappa shape index (κ1) is 11.0. The lowest BCUT2D eigenvalue weighted by Gasteiger charge is -1.95. The van der Waals surface area contributed by atoms with Gasteiger partial charge in [-0.05, 0) is 0 Å². The molecule has 0 aliphatic heterocycles. The number of carbonyl (C=O) groups is 1. The molecule has 0 saturated carbocycles. The summed E-state index contributed by atoms with van der Waals surface area (Å²) in [5, 5.41) is 23.7. The van der Waals surface area contributed by atoms with Crippen LogP contribution in [-0.4, -0.2) is 57.1 Å². The third kappa shape index (κ3) is 4.32. The third-order valence-corrected chi connectivity index (χ3v) is 0.458. The highest BCUT2D eigenvalue weighted by Crippen LogP contribution is 1.75. The Morgan fingerprint density at radius 3 is 2.00 bits per heavy atom. The number of aliphatic hydroxyl groups is 2. The molecule has 0 aromatic carbocycles. The molecule has 0 radical (unpaired) electrons. The van der Waals surface area contributed by atoms with Gasteiger partial charge >= 0.3 is 29.0 Å². The molecule has 0 amide bonds. The van der Waals surface area contributed by atoms with Crippen LogP contribution in [0.5, 0.6) is 0 Å². The summed E-state index contributed by atoms with van der Waals surface area (Å²) in [5.41, 5.74) is 0. The van der Waals surface area contributed by atoms with Crippen molar-refractivity contribution in [3.63, 3.8) is 0 Å². The minimum Gasteiger partial charge on any atom is -0.479 e. The predicted octanol–water partition coefficient (Wildman–Crippen LogP) is -2.49. The van der Waals surface area contributed by atoms with Gasteiger partial charge in [-0.25, -0.2) is 4.79 Å². The molecule has 0 fully saturated rings. The molecule has 46 valence electrons. The molecular formula is C3H8MgO4. The molecule has 1 atom stereocenters. The minimum atomic E-state index is -1.63. The fraction of sp³-hybridized carbons (Fsp3) is 0.667. The second-order valence-corrected chi connectivity index (χ2v) is 1.04. The Bertz CT molecular complexity index is 73.7. The average molecular weight is 132 g/mol. The van der Waals surface area contributed by atoms with Crippen LogP contribution in [-0.2, 0) is 4.79 Å². The predicted molar refractivity (Wildman–Crippen MR) is 29.3 cm³/mol. The lowest BCUT2D eigenvalue weighted by Crippen LogP contribution is -2.22. The maximum atomic E-state index is 9.52. The van der Waals surface area contributed by atoms with Crippen LogP contribution in [0.15, 0.2) is 0 Å².